The highest BCUT2D eigenvalue weighted by Gasteiger charge is 2.26. The standard InChI is InChI=1S/C36H45NO4/c1-26(38)29-18-19-32-30(24-29)13-10-15-33(32)37(21-8-7-17-35(39)40)22-20-28-12-5-6-16-34(28)41-25-27-11-9-14-31(23-27)36(2,3)4/h5-6,9,11-12,14,16,18-19,23-24,33,38H,1,7-8,10,13,15,17,20-22,25H2,2-4H3,(H,39,40). The van der Waals surface area contributed by atoms with Crippen molar-refractivity contribution in [1.82, 2.24) is 4.90 Å². The fraction of sp³-hybridized carbons (Fsp3) is 0.417. The Bertz CT molecular complexity index is 1340. The van der Waals surface area contributed by atoms with Crippen molar-refractivity contribution < 1.29 is 19.7 Å². The number of nitrogens with zero attached hydrogens (tertiary/aromatic N) is 1. The van der Waals surface area contributed by atoms with E-state index in [9.17, 15) is 9.90 Å². The highest BCUT2D eigenvalue weighted by Crippen LogP contribution is 2.36. The first-order valence-corrected chi connectivity index (χ1v) is 14.9. The molecule has 5 nitrogen and oxygen atoms in total. The summed E-state index contributed by atoms with van der Waals surface area (Å²) in [5, 5.41) is 19.1. The maximum Gasteiger partial charge on any atom is 0.303 e. The number of hydrogen-bond donors (Lipinski definition) is 2. The molecular weight excluding hydrogens is 510 g/mol. The number of carbonyl (C=O) groups is 1. The summed E-state index contributed by atoms with van der Waals surface area (Å²) >= 11 is 0. The molecular formula is C36H45NO4. The Morgan fingerprint density at radius 2 is 1.80 bits per heavy atom. The van der Waals surface area contributed by atoms with Crippen LogP contribution in [0.4, 0.5) is 0 Å². The molecule has 0 saturated heterocycles. The molecule has 0 bridgehead atoms. The van der Waals surface area contributed by atoms with Crippen molar-refractivity contribution >= 4 is 11.7 Å². The molecule has 3 aromatic rings. The lowest BCUT2D eigenvalue weighted by atomic mass is 9.85. The topological polar surface area (TPSA) is 70.0 Å². The normalized spacial score (nSPS) is 15.0. The molecule has 0 aliphatic heterocycles. The molecule has 2 N–H and O–H groups in total. The third-order valence-corrected chi connectivity index (χ3v) is 8.11. The zero-order valence-electron chi connectivity index (χ0n) is 24.9. The van der Waals surface area contributed by atoms with Crippen LogP contribution in [0.15, 0.2) is 73.3 Å². The fourth-order valence-corrected chi connectivity index (χ4v) is 5.77. The van der Waals surface area contributed by atoms with E-state index in [1.807, 2.05) is 12.1 Å². The van der Waals surface area contributed by atoms with E-state index in [1.165, 1.54) is 22.3 Å². The first kappa shape index (κ1) is 30.4. The molecule has 0 radical (unpaired) electrons. The summed E-state index contributed by atoms with van der Waals surface area (Å²) in [6, 6.07) is 23.4. The van der Waals surface area contributed by atoms with Crippen LogP contribution < -0.4 is 4.74 Å². The third kappa shape index (κ3) is 8.46. The van der Waals surface area contributed by atoms with Gasteiger partial charge in [0, 0.05) is 24.6 Å². The predicted octanol–water partition coefficient (Wildman–Crippen LogP) is 8.27. The van der Waals surface area contributed by atoms with Gasteiger partial charge in [-0.15, -0.1) is 0 Å². The molecule has 41 heavy (non-hydrogen) atoms. The minimum absolute atomic E-state index is 0.0905. The van der Waals surface area contributed by atoms with Crippen LogP contribution in [-0.4, -0.2) is 34.2 Å². The summed E-state index contributed by atoms with van der Waals surface area (Å²) in [5.74, 6) is 0.271. The number of aliphatic hydroxyl groups is 1. The van der Waals surface area contributed by atoms with E-state index >= 15 is 0 Å². The number of carboxylic acids is 1. The van der Waals surface area contributed by atoms with E-state index in [4.69, 9.17) is 9.84 Å². The number of aryl methyl sites for hydroxylation is 1. The van der Waals surface area contributed by atoms with Crippen molar-refractivity contribution in [3.63, 3.8) is 0 Å². The quantitative estimate of drug-likeness (QED) is 0.164. The second-order valence-electron chi connectivity index (χ2n) is 12.3. The first-order valence-electron chi connectivity index (χ1n) is 14.9. The smallest absolute Gasteiger partial charge is 0.303 e. The number of fused-ring (bicyclic) bond motifs is 1. The van der Waals surface area contributed by atoms with E-state index < -0.39 is 5.97 Å². The Morgan fingerprint density at radius 3 is 2.56 bits per heavy atom. The Hall–Kier alpha value is -3.57. The monoisotopic (exact) mass is 555 g/mol. The first-order chi connectivity index (χ1) is 19.6. The van der Waals surface area contributed by atoms with Crippen LogP contribution in [0.25, 0.3) is 5.76 Å². The van der Waals surface area contributed by atoms with Gasteiger partial charge in [-0.3, -0.25) is 9.69 Å². The molecule has 1 aliphatic rings. The van der Waals surface area contributed by atoms with Gasteiger partial charge in [0.1, 0.15) is 18.1 Å². The van der Waals surface area contributed by atoms with Crippen LogP contribution in [0, 0.1) is 0 Å². The molecule has 218 valence electrons. The van der Waals surface area contributed by atoms with Gasteiger partial charge >= 0.3 is 5.97 Å². The van der Waals surface area contributed by atoms with Crippen molar-refractivity contribution in [2.24, 2.45) is 0 Å². The molecule has 1 atom stereocenters. The summed E-state index contributed by atoms with van der Waals surface area (Å²) in [4.78, 5) is 13.6. The van der Waals surface area contributed by atoms with Gasteiger partial charge in [-0.05, 0) is 90.4 Å². The Balaban J connectivity index is 1.49. The zero-order chi connectivity index (χ0) is 29.4. The number of aliphatic carboxylic acids is 1. The molecule has 0 fully saturated rings. The maximum atomic E-state index is 11.1. The van der Waals surface area contributed by atoms with Gasteiger partial charge in [0.15, 0.2) is 0 Å². The molecule has 0 saturated carbocycles. The molecule has 1 aliphatic carbocycles. The highest BCUT2D eigenvalue weighted by molar-refractivity contribution is 5.66. The zero-order valence-corrected chi connectivity index (χ0v) is 24.9. The summed E-state index contributed by atoms with van der Waals surface area (Å²) in [6.45, 7) is 12.6. The van der Waals surface area contributed by atoms with Crippen molar-refractivity contribution in [3.05, 3.63) is 107 Å². The van der Waals surface area contributed by atoms with Crippen molar-refractivity contribution in [2.75, 3.05) is 13.1 Å². The second kappa shape index (κ2) is 13.9. The van der Waals surface area contributed by atoms with E-state index in [2.05, 4.69) is 86.8 Å². The highest BCUT2D eigenvalue weighted by atomic mass is 16.5. The molecule has 0 amide bonds. The number of rotatable bonds is 13. The summed E-state index contributed by atoms with van der Waals surface area (Å²) < 4.78 is 6.37. The van der Waals surface area contributed by atoms with Gasteiger partial charge < -0.3 is 14.9 Å². The molecule has 0 heterocycles. The van der Waals surface area contributed by atoms with Crippen LogP contribution in [0.5, 0.6) is 5.75 Å². The van der Waals surface area contributed by atoms with Gasteiger partial charge in [0.2, 0.25) is 0 Å². The summed E-state index contributed by atoms with van der Waals surface area (Å²) in [7, 11) is 0. The molecule has 4 rings (SSSR count). The van der Waals surface area contributed by atoms with Crippen LogP contribution in [-0.2, 0) is 29.7 Å². The van der Waals surface area contributed by atoms with Crippen LogP contribution in [0.1, 0.15) is 92.3 Å². The number of benzene rings is 3. The number of unbranched alkanes of at least 4 members (excludes halogenated alkanes) is 1. The van der Waals surface area contributed by atoms with Gasteiger partial charge in [-0.1, -0.05) is 81.9 Å². The lowest BCUT2D eigenvalue weighted by Crippen LogP contribution is -2.34. The number of carboxylic acid groups (broad SMARTS) is 1. The fourth-order valence-electron chi connectivity index (χ4n) is 5.77. The minimum atomic E-state index is -0.740. The van der Waals surface area contributed by atoms with E-state index in [-0.39, 0.29) is 23.6 Å². The van der Waals surface area contributed by atoms with Crippen molar-refractivity contribution in [1.29, 1.82) is 0 Å². The van der Waals surface area contributed by atoms with E-state index in [0.717, 1.165) is 62.1 Å². The number of hydrogen-bond acceptors (Lipinski definition) is 4. The lowest BCUT2D eigenvalue weighted by Gasteiger charge is -2.36. The molecule has 1 unspecified atom stereocenters. The van der Waals surface area contributed by atoms with Gasteiger partial charge in [-0.2, -0.15) is 0 Å². The average molecular weight is 556 g/mol. The molecule has 0 spiro atoms. The lowest BCUT2D eigenvalue weighted by molar-refractivity contribution is -0.137. The van der Waals surface area contributed by atoms with Crippen molar-refractivity contribution in [2.45, 2.75) is 83.8 Å². The predicted molar refractivity (Wildman–Crippen MR) is 166 cm³/mol. The Morgan fingerprint density at radius 1 is 1.00 bits per heavy atom. The summed E-state index contributed by atoms with van der Waals surface area (Å²) in [5.41, 5.74) is 7.08. The number of aliphatic hydroxyl groups excluding tert-OH is 1. The van der Waals surface area contributed by atoms with Crippen LogP contribution in [0.2, 0.25) is 0 Å². The van der Waals surface area contributed by atoms with Crippen molar-refractivity contribution in [3.8, 4) is 5.75 Å². The minimum Gasteiger partial charge on any atom is -0.508 e. The third-order valence-electron chi connectivity index (χ3n) is 8.11. The van der Waals surface area contributed by atoms with E-state index in [0.29, 0.717) is 13.0 Å². The van der Waals surface area contributed by atoms with E-state index in [1.54, 1.807) is 0 Å². The Labute approximate surface area is 245 Å². The molecule has 0 aromatic heterocycles. The number of ether oxygens (including phenoxy) is 1. The summed E-state index contributed by atoms with van der Waals surface area (Å²) in [6.07, 6.45) is 5.69. The van der Waals surface area contributed by atoms with Gasteiger partial charge in [-0.25, -0.2) is 0 Å². The molecule has 3 aromatic carbocycles. The number of para-hydroxylation sites is 1. The van der Waals surface area contributed by atoms with Crippen LogP contribution in [0.3, 0.4) is 0 Å². The van der Waals surface area contributed by atoms with Gasteiger partial charge in [0.05, 0.1) is 0 Å². The maximum absolute atomic E-state index is 11.1. The average Bonchev–Trinajstić information content (AvgIpc) is 2.95. The molecule has 5 heteroatoms. The SMILES string of the molecule is C=C(O)c1ccc2c(c1)CCCC2N(CCCCC(=O)O)CCc1ccccc1OCc1cccc(C(C)(C)C)c1. The largest absolute Gasteiger partial charge is 0.508 e. The Kier molecular flexibility index (Phi) is 10.3. The van der Waals surface area contributed by atoms with Crippen LogP contribution >= 0.6 is 0 Å². The second-order valence-corrected chi connectivity index (χ2v) is 12.3. The van der Waals surface area contributed by atoms with Gasteiger partial charge in [0.25, 0.3) is 0 Å².